The Kier molecular flexibility index (Phi) is 5.89. The van der Waals surface area contributed by atoms with Crippen LogP contribution < -0.4 is 10.2 Å². The highest BCUT2D eigenvalue weighted by Crippen LogP contribution is 2.21. The zero-order valence-electron chi connectivity index (χ0n) is 14.4. The van der Waals surface area contributed by atoms with Gasteiger partial charge in [-0.15, -0.1) is 0 Å². The number of carboxylic acid groups (broad SMARTS) is 1. The van der Waals surface area contributed by atoms with Crippen LogP contribution in [0.5, 0.6) is 5.75 Å². The number of aliphatic carboxylic acids is 1. The molecule has 0 heterocycles. The lowest BCUT2D eigenvalue weighted by atomic mass is 10.0. The Balaban J connectivity index is 2.17. The summed E-state index contributed by atoms with van der Waals surface area (Å²) >= 11 is 0. The van der Waals surface area contributed by atoms with E-state index in [0.29, 0.717) is 28.2 Å². The summed E-state index contributed by atoms with van der Waals surface area (Å²) in [5.74, 6) is -0.751. The van der Waals surface area contributed by atoms with Gasteiger partial charge in [0.2, 0.25) is 0 Å². The van der Waals surface area contributed by atoms with Crippen LogP contribution in [0.4, 0.5) is 0 Å². The van der Waals surface area contributed by atoms with Gasteiger partial charge in [-0.05, 0) is 49.7 Å². The zero-order chi connectivity index (χ0) is 18.4. The number of nitrogens with one attached hydrogen (secondary N) is 1. The van der Waals surface area contributed by atoms with Crippen LogP contribution in [-0.2, 0) is 11.2 Å². The van der Waals surface area contributed by atoms with Crippen LogP contribution in [0.25, 0.3) is 0 Å². The number of rotatable bonds is 6. The van der Waals surface area contributed by atoms with Gasteiger partial charge >= 0.3 is 5.97 Å². The normalized spacial score (nSPS) is 11.1. The maximum Gasteiger partial charge on any atom is 0.307 e. The van der Waals surface area contributed by atoms with Crippen molar-refractivity contribution in [3.05, 3.63) is 64.7 Å². The second-order valence-corrected chi connectivity index (χ2v) is 5.60. The van der Waals surface area contributed by atoms with Gasteiger partial charge in [0.15, 0.2) is 0 Å². The molecule has 0 aromatic heterocycles. The molecule has 2 aromatic rings. The number of carbonyl (C=O) groups excluding carboxylic acids is 1. The zero-order valence-corrected chi connectivity index (χ0v) is 14.4. The van der Waals surface area contributed by atoms with Crippen LogP contribution in [-0.4, -0.2) is 29.8 Å². The van der Waals surface area contributed by atoms with Crippen molar-refractivity contribution in [1.29, 1.82) is 0 Å². The fourth-order valence-electron chi connectivity index (χ4n) is 2.27. The molecule has 25 heavy (non-hydrogen) atoms. The minimum atomic E-state index is -0.947. The van der Waals surface area contributed by atoms with Crippen molar-refractivity contribution in [2.24, 2.45) is 5.10 Å². The van der Waals surface area contributed by atoms with Gasteiger partial charge in [0, 0.05) is 11.1 Å². The minimum absolute atomic E-state index is 0.153. The molecule has 0 fully saturated rings. The molecule has 6 heteroatoms. The predicted molar refractivity (Wildman–Crippen MR) is 95.2 cm³/mol. The summed E-state index contributed by atoms with van der Waals surface area (Å²) < 4.78 is 5.17. The average molecular weight is 340 g/mol. The van der Waals surface area contributed by atoms with E-state index < -0.39 is 5.97 Å². The second-order valence-electron chi connectivity index (χ2n) is 5.60. The molecule has 0 saturated carbocycles. The Morgan fingerprint density at radius 2 is 1.76 bits per heavy atom. The molecule has 0 saturated heterocycles. The first-order valence-electron chi connectivity index (χ1n) is 7.71. The van der Waals surface area contributed by atoms with Gasteiger partial charge < -0.3 is 9.84 Å². The molecule has 130 valence electrons. The highest BCUT2D eigenvalue weighted by Gasteiger charge is 2.10. The molecule has 6 nitrogen and oxygen atoms in total. The summed E-state index contributed by atoms with van der Waals surface area (Å²) in [7, 11) is 1.49. The monoisotopic (exact) mass is 340 g/mol. The van der Waals surface area contributed by atoms with E-state index in [1.807, 2.05) is 19.1 Å². The van der Waals surface area contributed by atoms with E-state index in [2.05, 4.69) is 10.5 Å². The summed E-state index contributed by atoms with van der Waals surface area (Å²) in [6.45, 7) is 3.68. The Hall–Kier alpha value is -3.15. The highest BCUT2D eigenvalue weighted by molar-refractivity contribution is 6.01. The number of hydrazone groups is 1. The SMILES string of the molecule is COc1ccc(/C(C)=N\NC(=O)c2ccc(C)cc2)cc1CC(=O)O. The van der Waals surface area contributed by atoms with Crippen molar-refractivity contribution >= 4 is 17.6 Å². The lowest BCUT2D eigenvalue weighted by molar-refractivity contribution is -0.136. The Morgan fingerprint density at radius 1 is 1.12 bits per heavy atom. The third-order valence-corrected chi connectivity index (χ3v) is 3.68. The van der Waals surface area contributed by atoms with Crippen molar-refractivity contribution < 1.29 is 19.4 Å². The maximum absolute atomic E-state index is 12.1. The number of amides is 1. The van der Waals surface area contributed by atoms with E-state index in [1.54, 1.807) is 37.3 Å². The van der Waals surface area contributed by atoms with Crippen LogP contribution in [0.1, 0.15) is 34.0 Å². The van der Waals surface area contributed by atoms with E-state index in [9.17, 15) is 9.59 Å². The second kappa shape index (κ2) is 8.10. The van der Waals surface area contributed by atoms with Gasteiger partial charge in [-0.1, -0.05) is 17.7 Å². The van der Waals surface area contributed by atoms with Gasteiger partial charge in [0.1, 0.15) is 5.75 Å². The summed E-state index contributed by atoms with van der Waals surface area (Å²) in [6, 6.07) is 12.3. The molecule has 2 aromatic carbocycles. The van der Waals surface area contributed by atoms with Crippen LogP contribution in [0.2, 0.25) is 0 Å². The molecule has 0 unspecified atom stereocenters. The number of carboxylic acids is 1. The number of benzene rings is 2. The molecule has 1 amide bonds. The number of aryl methyl sites for hydroxylation is 1. The summed E-state index contributed by atoms with van der Waals surface area (Å²) in [5.41, 5.74) is 5.92. The van der Waals surface area contributed by atoms with Crippen LogP contribution in [0.15, 0.2) is 47.6 Å². The molecule has 0 bridgehead atoms. The number of carbonyl (C=O) groups is 2. The van der Waals surface area contributed by atoms with Crippen molar-refractivity contribution in [3.63, 3.8) is 0 Å². The highest BCUT2D eigenvalue weighted by atomic mass is 16.5. The summed E-state index contributed by atoms with van der Waals surface area (Å²) in [5, 5.41) is 13.1. The molecular formula is C19H20N2O4. The molecule has 0 spiro atoms. The van der Waals surface area contributed by atoms with Crippen LogP contribution in [0.3, 0.4) is 0 Å². The maximum atomic E-state index is 12.1. The lowest BCUT2D eigenvalue weighted by Crippen LogP contribution is -2.19. The van der Waals surface area contributed by atoms with Crippen molar-refractivity contribution in [2.75, 3.05) is 7.11 Å². The number of hydrogen-bond donors (Lipinski definition) is 2. The first-order chi connectivity index (χ1) is 11.9. The fraction of sp³-hybridized carbons (Fsp3) is 0.211. The molecule has 0 aliphatic carbocycles. The number of nitrogens with zero attached hydrogens (tertiary/aromatic N) is 1. The number of hydrogen-bond acceptors (Lipinski definition) is 4. The van der Waals surface area contributed by atoms with Gasteiger partial charge in [0.25, 0.3) is 5.91 Å². The quantitative estimate of drug-likeness (QED) is 0.625. The third-order valence-electron chi connectivity index (χ3n) is 3.68. The molecular weight excluding hydrogens is 320 g/mol. The molecule has 2 N–H and O–H groups in total. The predicted octanol–water partition coefficient (Wildman–Crippen LogP) is 2.78. The summed E-state index contributed by atoms with van der Waals surface area (Å²) in [6.07, 6.45) is -0.153. The molecule has 0 atom stereocenters. The van der Waals surface area contributed by atoms with E-state index in [0.717, 1.165) is 5.56 Å². The fourth-order valence-corrected chi connectivity index (χ4v) is 2.27. The van der Waals surface area contributed by atoms with E-state index in [1.165, 1.54) is 7.11 Å². The Bertz CT molecular complexity index is 811. The summed E-state index contributed by atoms with van der Waals surface area (Å²) in [4.78, 5) is 23.1. The topological polar surface area (TPSA) is 88.0 Å². The van der Waals surface area contributed by atoms with Gasteiger partial charge in [-0.25, -0.2) is 5.43 Å². The van der Waals surface area contributed by atoms with Gasteiger partial charge in [-0.3, -0.25) is 9.59 Å². The smallest absolute Gasteiger partial charge is 0.307 e. The molecule has 0 aliphatic rings. The largest absolute Gasteiger partial charge is 0.496 e. The van der Waals surface area contributed by atoms with Crippen LogP contribution >= 0.6 is 0 Å². The standard InChI is InChI=1S/C19H20N2O4/c1-12-4-6-14(7-5-12)19(24)21-20-13(2)15-8-9-17(25-3)16(10-15)11-18(22)23/h4-10H,11H2,1-3H3,(H,21,24)(H,22,23)/b20-13-. The molecule has 2 rings (SSSR count). The average Bonchev–Trinajstić information content (AvgIpc) is 2.59. The minimum Gasteiger partial charge on any atom is -0.496 e. The van der Waals surface area contributed by atoms with E-state index >= 15 is 0 Å². The van der Waals surface area contributed by atoms with Crippen molar-refractivity contribution in [2.45, 2.75) is 20.3 Å². The Morgan fingerprint density at radius 3 is 2.36 bits per heavy atom. The first-order valence-corrected chi connectivity index (χ1v) is 7.71. The van der Waals surface area contributed by atoms with Crippen molar-refractivity contribution in [3.8, 4) is 5.75 Å². The van der Waals surface area contributed by atoms with Crippen molar-refractivity contribution in [1.82, 2.24) is 5.43 Å². The number of ether oxygens (including phenoxy) is 1. The number of methoxy groups -OCH3 is 1. The van der Waals surface area contributed by atoms with E-state index in [-0.39, 0.29) is 12.3 Å². The van der Waals surface area contributed by atoms with Gasteiger partial charge in [0.05, 0.1) is 19.2 Å². The van der Waals surface area contributed by atoms with Crippen LogP contribution in [0, 0.1) is 6.92 Å². The molecule has 0 aliphatic heterocycles. The van der Waals surface area contributed by atoms with Gasteiger partial charge in [-0.2, -0.15) is 5.10 Å². The first kappa shape index (κ1) is 18.2. The van der Waals surface area contributed by atoms with E-state index in [4.69, 9.17) is 9.84 Å². The third kappa shape index (κ3) is 4.91. The Labute approximate surface area is 146 Å². The molecule has 0 radical (unpaired) electrons. The lowest BCUT2D eigenvalue weighted by Gasteiger charge is -2.09.